The highest BCUT2D eigenvalue weighted by Crippen LogP contribution is 2.24. The van der Waals surface area contributed by atoms with Crippen LogP contribution in [-0.4, -0.2) is 41.4 Å². The molecule has 0 saturated carbocycles. The van der Waals surface area contributed by atoms with Gasteiger partial charge >= 0.3 is 0 Å². The van der Waals surface area contributed by atoms with Crippen molar-refractivity contribution in [3.8, 4) is 0 Å². The van der Waals surface area contributed by atoms with Gasteiger partial charge in [0.2, 0.25) is 5.91 Å². The third-order valence-electron chi connectivity index (χ3n) is 2.98. The summed E-state index contributed by atoms with van der Waals surface area (Å²) in [5.41, 5.74) is 5.62. The van der Waals surface area contributed by atoms with Crippen LogP contribution in [0.3, 0.4) is 0 Å². The van der Waals surface area contributed by atoms with E-state index >= 15 is 0 Å². The van der Waals surface area contributed by atoms with E-state index in [-0.39, 0.29) is 23.6 Å². The van der Waals surface area contributed by atoms with Gasteiger partial charge in [-0.05, 0) is 39.0 Å². The topological polar surface area (TPSA) is 46.3 Å². The first-order valence-corrected chi connectivity index (χ1v) is 6.42. The molecule has 2 N–H and O–H groups in total. The Bertz CT molecular complexity index is 216. The summed E-state index contributed by atoms with van der Waals surface area (Å²) in [6.45, 7) is 5.62. The molecule has 1 aliphatic rings. The first-order chi connectivity index (χ1) is 6.60. The van der Waals surface area contributed by atoms with Gasteiger partial charge < -0.3 is 10.6 Å². The normalized spacial score (nSPS) is 27.3. The number of hydrogen-bond acceptors (Lipinski definition) is 3. The van der Waals surface area contributed by atoms with Gasteiger partial charge in [-0.15, -0.1) is 12.4 Å². The van der Waals surface area contributed by atoms with Crippen molar-refractivity contribution in [2.24, 2.45) is 11.7 Å². The molecule has 0 aromatic carbocycles. The van der Waals surface area contributed by atoms with Gasteiger partial charge in [0, 0.05) is 12.6 Å². The molecule has 1 rings (SSSR count). The summed E-state index contributed by atoms with van der Waals surface area (Å²) < 4.78 is 0. The average molecular weight is 253 g/mol. The Hall–Kier alpha value is 0.0700. The molecule has 90 valence electrons. The largest absolute Gasteiger partial charge is 0.339 e. The van der Waals surface area contributed by atoms with E-state index < -0.39 is 0 Å². The van der Waals surface area contributed by atoms with Crippen molar-refractivity contribution < 1.29 is 4.79 Å². The van der Waals surface area contributed by atoms with Gasteiger partial charge in [-0.3, -0.25) is 4.79 Å². The molecule has 3 unspecified atom stereocenters. The zero-order valence-corrected chi connectivity index (χ0v) is 11.2. The van der Waals surface area contributed by atoms with Crippen LogP contribution in [0.2, 0.25) is 0 Å². The average Bonchev–Trinajstić information content (AvgIpc) is 2.57. The van der Waals surface area contributed by atoms with Crippen molar-refractivity contribution in [2.75, 3.05) is 19.3 Å². The number of carbonyl (C=O) groups excluding carboxylic acids is 1. The Morgan fingerprint density at radius 3 is 2.67 bits per heavy atom. The number of halogens is 1. The minimum atomic E-state index is 0. The molecule has 1 aliphatic heterocycles. The number of nitrogens with zero attached hydrogens (tertiary/aromatic N) is 1. The molecule has 3 nitrogen and oxygen atoms in total. The van der Waals surface area contributed by atoms with E-state index in [0.29, 0.717) is 18.5 Å². The monoisotopic (exact) mass is 252 g/mol. The summed E-state index contributed by atoms with van der Waals surface area (Å²) in [6.07, 6.45) is 3.03. The van der Waals surface area contributed by atoms with Gasteiger partial charge in [-0.25, -0.2) is 0 Å². The second-order valence-electron chi connectivity index (χ2n) is 4.05. The molecule has 1 saturated heterocycles. The number of amides is 1. The summed E-state index contributed by atoms with van der Waals surface area (Å²) in [6, 6.07) is 0.366. The Morgan fingerprint density at radius 1 is 1.67 bits per heavy atom. The number of likely N-dealkylation sites (tertiary alicyclic amines) is 1. The zero-order valence-electron chi connectivity index (χ0n) is 9.60. The lowest BCUT2D eigenvalue weighted by molar-refractivity contribution is -0.130. The summed E-state index contributed by atoms with van der Waals surface area (Å²) in [5, 5.41) is 0.0778. The summed E-state index contributed by atoms with van der Waals surface area (Å²) >= 11 is 1.61. The first kappa shape index (κ1) is 15.1. The molecule has 0 aromatic rings. The number of rotatable bonds is 3. The van der Waals surface area contributed by atoms with Crippen molar-refractivity contribution in [1.29, 1.82) is 0 Å². The molecule has 1 amide bonds. The van der Waals surface area contributed by atoms with Gasteiger partial charge in [0.25, 0.3) is 0 Å². The van der Waals surface area contributed by atoms with Crippen LogP contribution in [0.15, 0.2) is 0 Å². The SMILES string of the molecule is CSC(C)C(=O)N1CC(CN)CC1C.Cl. The van der Waals surface area contributed by atoms with Crippen LogP contribution < -0.4 is 5.73 Å². The van der Waals surface area contributed by atoms with E-state index in [0.717, 1.165) is 13.0 Å². The van der Waals surface area contributed by atoms with Gasteiger partial charge in [0.1, 0.15) is 0 Å². The van der Waals surface area contributed by atoms with Crippen LogP contribution >= 0.6 is 24.2 Å². The highest BCUT2D eigenvalue weighted by molar-refractivity contribution is 7.99. The number of hydrogen-bond donors (Lipinski definition) is 1. The fraction of sp³-hybridized carbons (Fsp3) is 0.900. The predicted molar refractivity (Wildman–Crippen MR) is 68.6 cm³/mol. The van der Waals surface area contributed by atoms with Crippen molar-refractivity contribution in [2.45, 2.75) is 31.6 Å². The van der Waals surface area contributed by atoms with Gasteiger partial charge in [0.15, 0.2) is 0 Å². The lowest BCUT2D eigenvalue weighted by Gasteiger charge is -2.24. The van der Waals surface area contributed by atoms with E-state index in [1.165, 1.54) is 0 Å². The van der Waals surface area contributed by atoms with Crippen LogP contribution in [0.5, 0.6) is 0 Å². The lowest BCUT2D eigenvalue weighted by Crippen LogP contribution is -2.39. The number of nitrogens with two attached hydrogens (primary N) is 1. The minimum absolute atomic E-state index is 0. The molecular weight excluding hydrogens is 232 g/mol. The van der Waals surface area contributed by atoms with Crippen LogP contribution in [-0.2, 0) is 4.79 Å². The van der Waals surface area contributed by atoms with Crippen LogP contribution in [0.1, 0.15) is 20.3 Å². The van der Waals surface area contributed by atoms with E-state index in [9.17, 15) is 4.79 Å². The molecule has 3 atom stereocenters. The fourth-order valence-electron chi connectivity index (χ4n) is 1.95. The Kier molecular flexibility index (Phi) is 6.64. The van der Waals surface area contributed by atoms with Crippen molar-refractivity contribution >= 4 is 30.1 Å². The highest BCUT2D eigenvalue weighted by atomic mass is 35.5. The summed E-state index contributed by atoms with van der Waals surface area (Å²) in [7, 11) is 0. The van der Waals surface area contributed by atoms with Crippen molar-refractivity contribution in [1.82, 2.24) is 4.90 Å². The van der Waals surface area contributed by atoms with Crippen molar-refractivity contribution in [3.63, 3.8) is 0 Å². The maximum atomic E-state index is 11.9. The summed E-state index contributed by atoms with van der Waals surface area (Å²) in [5.74, 6) is 0.768. The minimum Gasteiger partial charge on any atom is -0.339 e. The molecule has 1 heterocycles. The first-order valence-electron chi connectivity index (χ1n) is 5.13. The zero-order chi connectivity index (χ0) is 10.7. The quantitative estimate of drug-likeness (QED) is 0.825. The maximum absolute atomic E-state index is 11.9. The molecule has 1 fully saturated rings. The molecule has 0 aromatic heterocycles. The third-order valence-corrected chi connectivity index (χ3v) is 3.89. The predicted octanol–water partition coefficient (Wildman–Crippen LogP) is 1.36. The van der Waals surface area contributed by atoms with Crippen LogP contribution in [0, 0.1) is 5.92 Å². The van der Waals surface area contributed by atoms with Gasteiger partial charge in [-0.1, -0.05) is 0 Å². The number of carbonyl (C=O) groups is 1. The third kappa shape index (κ3) is 3.54. The Morgan fingerprint density at radius 2 is 2.27 bits per heavy atom. The molecule has 0 aliphatic carbocycles. The van der Waals surface area contributed by atoms with Crippen LogP contribution in [0.25, 0.3) is 0 Å². The molecule has 15 heavy (non-hydrogen) atoms. The molecule has 5 heteroatoms. The summed E-state index contributed by atoms with van der Waals surface area (Å²) in [4.78, 5) is 13.9. The lowest BCUT2D eigenvalue weighted by atomic mass is 10.1. The number of thioether (sulfide) groups is 1. The Labute approximate surface area is 103 Å². The maximum Gasteiger partial charge on any atom is 0.235 e. The Balaban J connectivity index is 0.00000196. The van der Waals surface area contributed by atoms with E-state index in [2.05, 4.69) is 6.92 Å². The van der Waals surface area contributed by atoms with E-state index in [4.69, 9.17) is 5.73 Å². The molecule has 0 spiro atoms. The van der Waals surface area contributed by atoms with Crippen LogP contribution in [0.4, 0.5) is 0 Å². The van der Waals surface area contributed by atoms with E-state index in [1.807, 2.05) is 18.1 Å². The molecular formula is C10H21ClN2OS. The van der Waals surface area contributed by atoms with Gasteiger partial charge in [0.05, 0.1) is 5.25 Å². The second-order valence-corrected chi connectivity index (χ2v) is 5.23. The van der Waals surface area contributed by atoms with Gasteiger partial charge in [-0.2, -0.15) is 11.8 Å². The van der Waals surface area contributed by atoms with E-state index in [1.54, 1.807) is 11.8 Å². The standard InChI is InChI=1S/C10H20N2OS.ClH/c1-7-4-9(5-11)6-12(7)10(13)8(2)14-3;/h7-9H,4-6,11H2,1-3H3;1H. The smallest absolute Gasteiger partial charge is 0.235 e. The highest BCUT2D eigenvalue weighted by Gasteiger charge is 2.33. The molecule has 0 radical (unpaired) electrons. The second kappa shape index (κ2) is 6.61. The van der Waals surface area contributed by atoms with Crippen molar-refractivity contribution in [3.05, 3.63) is 0 Å². The fourth-order valence-corrected chi connectivity index (χ4v) is 2.29. The molecule has 0 bridgehead atoms.